The summed E-state index contributed by atoms with van der Waals surface area (Å²) in [4.78, 5) is 20.9. The van der Waals surface area contributed by atoms with Crippen molar-refractivity contribution in [1.29, 1.82) is 0 Å². The number of hydrogen-bond donors (Lipinski definition) is 0. The molecule has 1 unspecified atom stereocenters. The van der Waals surface area contributed by atoms with Gasteiger partial charge in [-0.1, -0.05) is 5.22 Å². The minimum atomic E-state index is -0.519. The third-order valence-electron chi connectivity index (χ3n) is 2.37. The Bertz CT molecular complexity index is 465. The highest BCUT2D eigenvalue weighted by Crippen LogP contribution is 2.19. The summed E-state index contributed by atoms with van der Waals surface area (Å²) in [5.41, 5.74) is 0.414. The van der Waals surface area contributed by atoms with Crippen LogP contribution in [0.5, 0.6) is 0 Å². The Balaban J connectivity index is 2.18. The van der Waals surface area contributed by atoms with Gasteiger partial charge in [-0.15, -0.1) is 5.11 Å². The lowest BCUT2D eigenvalue weighted by Gasteiger charge is -2.23. The third-order valence-corrected chi connectivity index (χ3v) is 2.37. The maximum Gasteiger partial charge on any atom is 0.416 e. The predicted molar refractivity (Wildman–Crippen MR) is 65.2 cm³/mol. The lowest BCUT2D eigenvalue weighted by molar-refractivity contribution is 0.168. The molecule has 0 radical (unpaired) electrons. The van der Waals surface area contributed by atoms with Crippen LogP contribution < -0.4 is 0 Å². The second-order valence-corrected chi connectivity index (χ2v) is 3.87. The Hall–Kier alpha value is -2.25. The molecule has 8 heteroatoms. The number of amides is 1. The van der Waals surface area contributed by atoms with Gasteiger partial charge in [-0.3, -0.25) is 5.01 Å². The highest BCUT2D eigenvalue weighted by molar-refractivity contribution is 6.03. The number of rotatable bonds is 1. The first-order valence-corrected chi connectivity index (χ1v) is 5.51. The molecular weight excluding hydrogens is 236 g/mol. The second-order valence-electron chi connectivity index (χ2n) is 3.87. The number of likely N-dealkylation sites (N-methyl/N-ethyl adjacent to an activating group) is 1. The number of hydrogen-bond acceptors (Lipinski definition) is 7. The van der Waals surface area contributed by atoms with Crippen molar-refractivity contribution in [1.82, 2.24) is 9.91 Å². The Labute approximate surface area is 104 Å². The molecule has 96 valence electrons. The van der Waals surface area contributed by atoms with Gasteiger partial charge in [-0.2, -0.15) is 4.99 Å². The molecule has 0 fully saturated rings. The van der Waals surface area contributed by atoms with Crippen LogP contribution in [0.2, 0.25) is 0 Å². The molecule has 8 nitrogen and oxygen atoms in total. The quantitative estimate of drug-likeness (QED) is 0.697. The lowest BCUT2D eigenvalue weighted by atomic mass is 10.3. The van der Waals surface area contributed by atoms with Crippen molar-refractivity contribution < 1.29 is 9.53 Å². The Morgan fingerprint density at radius 1 is 1.56 bits per heavy atom. The van der Waals surface area contributed by atoms with Crippen LogP contribution in [-0.2, 0) is 4.74 Å². The van der Waals surface area contributed by atoms with E-state index in [-0.39, 0.29) is 12.1 Å². The molecule has 18 heavy (non-hydrogen) atoms. The largest absolute Gasteiger partial charge is 0.416 e. The van der Waals surface area contributed by atoms with E-state index in [2.05, 4.69) is 20.3 Å². The van der Waals surface area contributed by atoms with Crippen LogP contribution in [0.3, 0.4) is 0 Å². The van der Waals surface area contributed by atoms with Gasteiger partial charge in [0.1, 0.15) is 6.34 Å². The molecule has 0 saturated heterocycles. The summed E-state index contributed by atoms with van der Waals surface area (Å²) < 4.78 is 5.09. The molecule has 2 heterocycles. The molecule has 0 aromatic carbocycles. The van der Waals surface area contributed by atoms with Crippen LogP contribution in [-0.4, -0.2) is 55.0 Å². The molecule has 2 aliphatic heterocycles. The molecule has 0 aromatic heterocycles. The molecule has 0 spiro atoms. The van der Waals surface area contributed by atoms with E-state index in [0.717, 1.165) is 0 Å². The zero-order valence-corrected chi connectivity index (χ0v) is 10.4. The summed E-state index contributed by atoms with van der Waals surface area (Å²) in [6, 6.07) is 0. The first-order valence-electron chi connectivity index (χ1n) is 5.51. The topological polar surface area (TPSA) is 82.2 Å². The summed E-state index contributed by atoms with van der Waals surface area (Å²) in [7, 11) is 3.18. The van der Waals surface area contributed by atoms with E-state index in [4.69, 9.17) is 4.74 Å². The molecule has 0 saturated carbocycles. The normalized spacial score (nSPS) is 21.1. The number of aliphatic imine (C=N–C) groups is 2. The molecule has 0 aliphatic carbocycles. The van der Waals surface area contributed by atoms with Crippen molar-refractivity contribution >= 4 is 18.3 Å². The summed E-state index contributed by atoms with van der Waals surface area (Å²) >= 11 is 0. The summed E-state index contributed by atoms with van der Waals surface area (Å²) in [5, 5.41) is 9.65. The fraction of sp³-hybridized carbons (Fsp3) is 0.500. The van der Waals surface area contributed by atoms with Gasteiger partial charge >= 0.3 is 6.09 Å². The minimum Gasteiger partial charge on any atom is -0.389 e. The van der Waals surface area contributed by atoms with E-state index in [0.29, 0.717) is 12.2 Å². The van der Waals surface area contributed by atoms with Crippen LogP contribution in [0.1, 0.15) is 6.92 Å². The van der Waals surface area contributed by atoms with E-state index >= 15 is 0 Å². The standard InChI is InChI=1S/C10H14N6O2/c1-4-16-8-5-7(13-14-16)9(12-6-11-8)18-10(17)15(2)3/h5-6,8H,4H2,1-3H3. The van der Waals surface area contributed by atoms with Crippen molar-refractivity contribution in [2.45, 2.75) is 13.1 Å². The molecule has 0 aromatic rings. The van der Waals surface area contributed by atoms with Crippen molar-refractivity contribution in [2.24, 2.45) is 20.3 Å². The molecule has 2 rings (SSSR count). The van der Waals surface area contributed by atoms with E-state index < -0.39 is 6.09 Å². The van der Waals surface area contributed by atoms with Gasteiger partial charge in [0.25, 0.3) is 5.90 Å². The summed E-state index contributed by atoms with van der Waals surface area (Å²) in [6.45, 7) is 2.63. The number of ether oxygens (including phenoxy) is 1. The van der Waals surface area contributed by atoms with Gasteiger partial charge in [-0.05, 0) is 13.0 Å². The molecule has 1 atom stereocenters. The van der Waals surface area contributed by atoms with Crippen LogP contribution in [0.15, 0.2) is 32.1 Å². The zero-order valence-electron chi connectivity index (χ0n) is 10.4. The van der Waals surface area contributed by atoms with Crippen LogP contribution in [0.4, 0.5) is 4.79 Å². The van der Waals surface area contributed by atoms with E-state index in [1.165, 1.54) is 11.2 Å². The highest BCUT2D eigenvalue weighted by Gasteiger charge is 2.24. The number of nitrogens with zero attached hydrogens (tertiary/aromatic N) is 6. The van der Waals surface area contributed by atoms with Gasteiger partial charge in [0, 0.05) is 20.6 Å². The molecule has 2 aliphatic rings. The van der Waals surface area contributed by atoms with Gasteiger partial charge in [-0.25, -0.2) is 9.79 Å². The fourth-order valence-corrected chi connectivity index (χ4v) is 1.38. The monoisotopic (exact) mass is 250 g/mol. The molecule has 1 amide bonds. The Morgan fingerprint density at radius 2 is 2.33 bits per heavy atom. The van der Waals surface area contributed by atoms with Gasteiger partial charge < -0.3 is 9.64 Å². The highest BCUT2D eigenvalue weighted by atomic mass is 16.6. The number of carbonyl (C=O) groups is 1. The maximum atomic E-state index is 11.5. The van der Waals surface area contributed by atoms with Crippen LogP contribution >= 0.6 is 0 Å². The zero-order chi connectivity index (χ0) is 13.1. The average molecular weight is 250 g/mol. The summed E-state index contributed by atoms with van der Waals surface area (Å²) in [5.74, 6) is 0.111. The molecule has 0 N–H and O–H groups in total. The summed E-state index contributed by atoms with van der Waals surface area (Å²) in [6.07, 6.45) is 2.34. The van der Waals surface area contributed by atoms with Gasteiger partial charge in [0.2, 0.25) is 0 Å². The average Bonchev–Trinajstić information content (AvgIpc) is 2.51. The number of fused-ring (bicyclic) bond motifs is 1. The van der Waals surface area contributed by atoms with Gasteiger partial charge in [0.05, 0.1) is 0 Å². The Kier molecular flexibility index (Phi) is 3.35. The number of carbonyl (C=O) groups excluding carboxylic acids is 1. The van der Waals surface area contributed by atoms with Crippen LogP contribution in [0, 0.1) is 0 Å². The minimum absolute atomic E-state index is 0.111. The van der Waals surface area contributed by atoms with Crippen molar-refractivity contribution in [3.63, 3.8) is 0 Å². The van der Waals surface area contributed by atoms with E-state index in [1.807, 2.05) is 6.92 Å². The second kappa shape index (κ2) is 4.94. The Morgan fingerprint density at radius 3 is 3.00 bits per heavy atom. The maximum absolute atomic E-state index is 11.5. The first kappa shape index (κ1) is 12.2. The van der Waals surface area contributed by atoms with Crippen molar-refractivity contribution in [3.05, 3.63) is 11.8 Å². The fourth-order valence-electron chi connectivity index (χ4n) is 1.38. The molecular formula is C10H14N6O2. The smallest absolute Gasteiger partial charge is 0.389 e. The van der Waals surface area contributed by atoms with E-state index in [9.17, 15) is 4.79 Å². The van der Waals surface area contributed by atoms with Crippen LogP contribution in [0.25, 0.3) is 0 Å². The van der Waals surface area contributed by atoms with Gasteiger partial charge in [0.15, 0.2) is 11.9 Å². The lowest BCUT2D eigenvalue weighted by Crippen LogP contribution is -2.30. The van der Waals surface area contributed by atoms with Crippen molar-refractivity contribution in [3.8, 4) is 0 Å². The third kappa shape index (κ3) is 2.36. The predicted octanol–water partition coefficient (Wildman–Crippen LogP) is 1.04. The van der Waals surface area contributed by atoms with Crippen molar-refractivity contribution in [2.75, 3.05) is 20.6 Å². The first-order chi connectivity index (χ1) is 8.61. The SMILES string of the molecule is CCN1N=NC2=CC1N=CN=C2OC(=O)N(C)C. The molecule has 2 bridgehead atoms. The van der Waals surface area contributed by atoms with E-state index in [1.54, 1.807) is 25.2 Å².